The minimum Gasteiger partial charge on any atom is -0.483 e. The van der Waals surface area contributed by atoms with Crippen LogP contribution < -0.4 is 9.47 Å². The molecule has 2 atom stereocenters. The molecule has 0 N–H and O–H groups in total. The molecule has 1 saturated heterocycles. The molecule has 5 nitrogen and oxygen atoms in total. The zero-order chi connectivity index (χ0) is 16.0. The fraction of sp³-hybridized carbons (Fsp3) is 0.471. The van der Waals surface area contributed by atoms with E-state index in [1.807, 2.05) is 33.8 Å². The second-order valence-electron chi connectivity index (χ2n) is 6.33. The molecular weight excluding hydrogens is 284 g/mol. The average Bonchev–Trinajstić information content (AvgIpc) is 2.67. The second kappa shape index (κ2) is 5.11. The number of benzene rings is 1. The van der Waals surface area contributed by atoms with Crippen LogP contribution in [0.25, 0.3) is 0 Å². The van der Waals surface area contributed by atoms with Gasteiger partial charge in [-0.25, -0.2) is 0 Å². The molecule has 0 bridgehead atoms. The molecule has 22 heavy (non-hydrogen) atoms. The molecule has 1 aromatic rings. The molecule has 0 radical (unpaired) electrons. The van der Waals surface area contributed by atoms with Gasteiger partial charge in [-0.3, -0.25) is 4.79 Å². The van der Waals surface area contributed by atoms with Crippen molar-refractivity contribution < 1.29 is 23.7 Å². The quantitative estimate of drug-likeness (QED) is 0.621. The summed E-state index contributed by atoms with van der Waals surface area (Å²) in [5.74, 6) is 0.0460. The van der Waals surface area contributed by atoms with Gasteiger partial charge in [-0.1, -0.05) is 5.57 Å². The van der Waals surface area contributed by atoms with E-state index >= 15 is 0 Å². The zero-order valence-electron chi connectivity index (χ0n) is 13.2. The normalized spacial score (nSPS) is 28.5. The minimum atomic E-state index is -1.04. The molecule has 2 heterocycles. The Labute approximate surface area is 129 Å². The summed E-state index contributed by atoms with van der Waals surface area (Å²) in [5.41, 5.74) is 0.925. The molecule has 5 heteroatoms. The lowest BCUT2D eigenvalue weighted by Gasteiger charge is -2.40. The number of aldehydes is 1. The molecule has 118 valence electrons. The van der Waals surface area contributed by atoms with E-state index in [1.54, 1.807) is 18.2 Å². The Bertz CT molecular complexity index is 630. The first-order valence-electron chi connectivity index (χ1n) is 7.27. The van der Waals surface area contributed by atoms with Crippen molar-refractivity contribution in [3.05, 3.63) is 35.4 Å². The Morgan fingerprint density at radius 2 is 2.00 bits per heavy atom. The number of carbonyl (C=O) groups excluding carboxylic acids is 1. The summed E-state index contributed by atoms with van der Waals surface area (Å²) in [5, 5.41) is 0. The number of fused-ring (bicyclic) bond motifs is 1. The van der Waals surface area contributed by atoms with E-state index in [1.165, 1.54) is 0 Å². The Hall–Kier alpha value is -1.85. The summed E-state index contributed by atoms with van der Waals surface area (Å²) in [4.78, 5) is 10.9. The summed E-state index contributed by atoms with van der Waals surface area (Å²) in [6.07, 6.45) is 2.19. The van der Waals surface area contributed by atoms with Gasteiger partial charge in [-0.15, -0.1) is 0 Å². The summed E-state index contributed by atoms with van der Waals surface area (Å²) < 4.78 is 23.8. The van der Waals surface area contributed by atoms with Crippen LogP contribution in [0.4, 0.5) is 0 Å². The predicted molar refractivity (Wildman–Crippen MR) is 80.2 cm³/mol. The molecule has 0 unspecified atom stereocenters. The van der Waals surface area contributed by atoms with Crippen LogP contribution in [0.3, 0.4) is 0 Å². The van der Waals surface area contributed by atoms with Crippen molar-refractivity contribution in [1.82, 2.24) is 0 Å². The average molecular weight is 304 g/mol. The summed E-state index contributed by atoms with van der Waals surface area (Å²) >= 11 is 0. The molecule has 2 aliphatic heterocycles. The number of allylic oxidation sites excluding steroid dienone is 1. The smallest absolute Gasteiger partial charge is 0.276 e. The van der Waals surface area contributed by atoms with Crippen LogP contribution >= 0.6 is 0 Å². The second-order valence-corrected chi connectivity index (χ2v) is 6.33. The van der Waals surface area contributed by atoms with Crippen molar-refractivity contribution in [2.24, 2.45) is 0 Å². The Balaban J connectivity index is 1.94. The molecular formula is C17H20O5. The molecule has 0 aromatic heterocycles. The third kappa shape index (κ3) is 2.40. The molecule has 0 aliphatic carbocycles. The number of carbonyl (C=O) groups is 1. The number of hydrogen-bond donors (Lipinski definition) is 0. The zero-order valence-corrected chi connectivity index (χ0v) is 13.2. The summed E-state index contributed by atoms with van der Waals surface area (Å²) in [6, 6.07) is 5.07. The maximum atomic E-state index is 10.9. The largest absolute Gasteiger partial charge is 0.483 e. The summed E-state index contributed by atoms with van der Waals surface area (Å²) in [7, 11) is 0. The van der Waals surface area contributed by atoms with Gasteiger partial charge in [0.05, 0.1) is 0 Å². The first-order valence-corrected chi connectivity index (χ1v) is 7.27. The van der Waals surface area contributed by atoms with Crippen LogP contribution in [0.15, 0.2) is 29.8 Å². The van der Waals surface area contributed by atoms with Crippen LogP contribution in [0.5, 0.6) is 11.5 Å². The summed E-state index contributed by atoms with van der Waals surface area (Å²) in [6.45, 7) is 8.00. The van der Waals surface area contributed by atoms with E-state index in [0.717, 1.165) is 11.9 Å². The van der Waals surface area contributed by atoms with E-state index in [0.29, 0.717) is 17.1 Å². The van der Waals surface area contributed by atoms with Crippen molar-refractivity contribution in [3.63, 3.8) is 0 Å². The van der Waals surface area contributed by atoms with Gasteiger partial charge in [0, 0.05) is 5.56 Å². The minimum absolute atomic E-state index is 0.223. The lowest BCUT2D eigenvalue weighted by molar-refractivity contribution is -0.216. The van der Waals surface area contributed by atoms with Crippen molar-refractivity contribution in [3.8, 4) is 11.5 Å². The SMILES string of the molecule is CC(C)=C[C@H]1OC(C)(C)[C@]2(COc3ccc(C=O)cc3O2)O1. The molecule has 0 saturated carbocycles. The Kier molecular flexibility index (Phi) is 3.50. The van der Waals surface area contributed by atoms with Gasteiger partial charge >= 0.3 is 0 Å². The highest BCUT2D eigenvalue weighted by Gasteiger charge is 2.60. The third-order valence-corrected chi connectivity index (χ3v) is 3.90. The molecule has 1 spiro atoms. The van der Waals surface area contributed by atoms with Gasteiger partial charge in [0.25, 0.3) is 5.79 Å². The van der Waals surface area contributed by atoms with Gasteiger partial charge in [0.2, 0.25) is 0 Å². The lowest BCUT2D eigenvalue weighted by Crippen LogP contribution is -2.58. The maximum Gasteiger partial charge on any atom is 0.276 e. The van der Waals surface area contributed by atoms with Gasteiger partial charge in [0.15, 0.2) is 24.4 Å². The predicted octanol–water partition coefficient (Wildman–Crippen LogP) is 3.08. The standard InChI is InChI=1S/C17H20O5/c1-11(2)7-15-21-16(3,4)17(22-15)10-19-13-6-5-12(9-18)8-14(13)20-17/h5-9,15H,10H2,1-4H3/t15-,17-/m0/s1. The fourth-order valence-corrected chi connectivity index (χ4v) is 2.61. The van der Waals surface area contributed by atoms with Crippen molar-refractivity contribution in [1.29, 1.82) is 0 Å². The molecule has 1 aromatic carbocycles. The van der Waals surface area contributed by atoms with E-state index in [9.17, 15) is 4.79 Å². The van der Waals surface area contributed by atoms with Crippen LogP contribution in [0.1, 0.15) is 38.1 Å². The first-order chi connectivity index (χ1) is 10.4. The van der Waals surface area contributed by atoms with E-state index < -0.39 is 17.7 Å². The van der Waals surface area contributed by atoms with E-state index in [2.05, 4.69) is 0 Å². The first kappa shape index (κ1) is 15.1. The highest BCUT2D eigenvalue weighted by molar-refractivity contribution is 5.76. The van der Waals surface area contributed by atoms with Gasteiger partial charge in [-0.05, 0) is 52.0 Å². The third-order valence-electron chi connectivity index (χ3n) is 3.90. The monoisotopic (exact) mass is 304 g/mol. The number of ether oxygens (including phenoxy) is 4. The lowest BCUT2D eigenvalue weighted by atomic mass is 9.97. The molecule has 0 amide bonds. The van der Waals surface area contributed by atoms with Crippen LogP contribution in [-0.4, -0.2) is 30.6 Å². The van der Waals surface area contributed by atoms with Gasteiger partial charge in [-0.2, -0.15) is 0 Å². The highest BCUT2D eigenvalue weighted by atomic mass is 16.8. The van der Waals surface area contributed by atoms with Crippen molar-refractivity contribution in [2.75, 3.05) is 6.61 Å². The number of hydrogen-bond acceptors (Lipinski definition) is 5. The van der Waals surface area contributed by atoms with Crippen molar-refractivity contribution >= 4 is 6.29 Å². The van der Waals surface area contributed by atoms with Crippen molar-refractivity contribution in [2.45, 2.75) is 45.4 Å². The topological polar surface area (TPSA) is 54.0 Å². The fourth-order valence-electron chi connectivity index (χ4n) is 2.61. The van der Waals surface area contributed by atoms with Crippen LogP contribution in [0.2, 0.25) is 0 Å². The Morgan fingerprint density at radius 1 is 1.23 bits per heavy atom. The van der Waals surface area contributed by atoms with Gasteiger partial charge < -0.3 is 18.9 Å². The van der Waals surface area contributed by atoms with Crippen LogP contribution in [-0.2, 0) is 9.47 Å². The highest BCUT2D eigenvalue weighted by Crippen LogP contribution is 2.46. The van der Waals surface area contributed by atoms with E-state index in [4.69, 9.17) is 18.9 Å². The Morgan fingerprint density at radius 3 is 2.68 bits per heavy atom. The van der Waals surface area contributed by atoms with Crippen LogP contribution in [0, 0.1) is 0 Å². The maximum absolute atomic E-state index is 10.9. The van der Waals surface area contributed by atoms with E-state index in [-0.39, 0.29) is 6.61 Å². The molecule has 1 fully saturated rings. The molecule has 3 rings (SSSR count). The number of rotatable bonds is 2. The molecule has 2 aliphatic rings. The van der Waals surface area contributed by atoms with Gasteiger partial charge in [0.1, 0.15) is 11.9 Å².